The Kier molecular flexibility index (Phi) is 3.99. The predicted octanol–water partition coefficient (Wildman–Crippen LogP) is 3.39. The van der Waals surface area contributed by atoms with Crippen molar-refractivity contribution in [3.8, 4) is 0 Å². The molecule has 0 fully saturated rings. The molecule has 0 radical (unpaired) electrons. The van der Waals surface area contributed by atoms with Crippen LogP contribution in [0.15, 0.2) is 54.6 Å². The van der Waals surface area contributed by atoms with Gasteiger partial charge < -0.3 is 0 Å². The highest BCUT2D eigenvalue weighted by atomic mass is 32.1. The van der Waals surface area contributed by atoms with Crippen LogP contribution >= 0.6 is 12.6 Å². The molecule has 0 aliphatic heterocycles. The van der Waals surface area contributed by atoms with Gasteiger partial charge in [0.2, 0.25) is 0 Å². The van der Waals surface area contributed by atoms with Gasteiger partial charge in [0, 0.05) is 5.56 Å². The fourth-order valence-electron chi connectivity index (χ4n) is 1.85. The van der Waals surface area contributed by atoms with E-state index in [0.29, 0.717) is 0 Å². The lowest BCUT2D eigenvalue weighted by Crippen LogP contribution is -2.05. The second kappa shape index (κ2) is 5.69. The molecule has 0 aliphatic carbocycles. The van der Waals surface area contributed by atoms with Crippen molar-refractivity contribution >= 4 is 18.4 Å². The Morgan fingerprint density at radius 1 is 0.941 bits per heavy atom. The fourth-order valence-corrected chi connectivity index (χ4v) is 2.02. The van der Waals surface area contributed by atoms with Crippen molar-refractivity contribution in [1.29, 1.82) is 0 Å². The number of hydrogen-bond donors (Lipinski definition) is 1. The third kappa shape index (κ3) is 2.98. The van der Waals surface area contributed by atoms with Gasteiger partial charge in [-0.25, -0.2) is 0 Å². The lowest BCUT2D eigenvalue weighted by Gasteiger charge is -2.07. The minimum absolute atomic E-state index is 0.0832. The summed E-state index contributed by atoms with van der Waals surface area (Å²) in [7, 11) is 0. The molecule has 0 atom stereocenters. The van der Waals surface area contributed by atoms with E-state index in [-0.39, 0.29) is 11.5 Å². The fraction of sp³-hybridized carbons (Fsp3) is 0.133. The molecule has 0 amide bonds. The van der Waals surface area contributed by atoms with E-state index in [2.05, 4.69) is 24.8 Å². The lowest BCUT2D eigenvalue weighted by atomic mass is 9.98. The van der Waals surface area contributed by atoms with Gasteiger partial charge in [-0.15, -0.1) is 0 Å². The van der Waals surface area contributed by atoms with Crippen LogP contribution in [0.5, 0.6) is 0 Å². The zero-order valence-corrected chi connectivity index (χ0v) is 10.4. The number of Topliss-reactive ketones (excluding diaryl/α,β-unsaturated/α-hetero) is 1. The minimum Gasteiger partial charge on any atom is -0.293 e. The average Bonchev–Trinajstić information content (AvgIpc) is 2.40. The number of thiol groups is 1. The van der Waals surface area contributed by atoms with Crippen LogP contribution in [-0.2, 0) is 6.42 Å². The Morgan fingerprint density at radius 3 is 2.29 bits per heavy atom. The topological polar surface area (TPSA) is 17.1 Å². The van der Waals surface area contributed by atoms with Crippen molar-refractivity contribution in [2.45, 2.75) is 6.42 Å². The van der Waals surface area contributed by atoms with E-state index >= 15 is 0 Å². The third-order valence-electron chi connectivity index (χ3n) is 2.70. The summed E-state index contributed by atoms with van der Waals surface area (Å²) in [5.41, 5.74) is 3.07. The molecule has 2 aromatic carbocycles. The zero-order chi connectivity index (χ0) is 12.1. The van der Waals surface area contributed by atoms with Crippen molar-refractivity contribution in [2.24, 2.45) is 0 Å². The first-order valence-corrected chi connectivity index (χ1v) is 6.20. The molecule has 0 saturated carbocycles. The van der Waals surface area contributed by atoms with Crippen molar-refractivity contribution in [1.82, 2.24) is 0 Å². The minimum atomic E-state index is 0.0832. The number of rotatable bonds is 4. The smallest absolute Gasteiger partial charge is 0.172 e. The molecule has 86 valence electrons. The quantitative estimate of drug-likeness (QED) is 0.642. The molecule has 0 bridgehead atoms. The van der Waals surface area contributed by atoms with Gasteiger partial charge in [-0.3, -0.25) is 4.79 Å². The molecule has 2 rings (SSSR count). The first-order valence-electron chi connectivity index (χ1n) is 5.57. The molecule has 17 heavy (non-hydrogen) atoms. The molecule has 0 aromatic heterocycles. The van der Waals surface area contributed by atoms with Crippen LogP contribution in [0.1, 0.15) is 21.5 Å². The Bertz CT molecular complexity index is 505. The van der Waals surface area contributed by atoms with E-state index in [0.717, 1.165) is 17.5 Å². The van der Waals surface area contributed by atoms with Crippen LogP contribution in [0.2, 0.25) is 0 Å². The molecule has 0 heterocycles. The maximum absolute atomic E-state index is 11.7. The van der Waals surface area contributed by atoms with Crippen molar-refractivity contribution in [3.63, 3.8) is 0 Å². The van der Waals surface area contributed by atoms with E-state index < -0.39 is 0 Å². The number of benzene rings is 2. The van der Waals surface area contributed by atoms with Crippen LogP contribution in [0.4, 0.5) is 0 Å². The van der Waals surface area contributed by atoms with Crippen molar-refractivity contribution in [2.75, 3.05) is 5.75 Å². The van der Waals surface area contributed by atoms with E-state index in [4.69, 9.17) is 0 Å². The summed E-state index contributed by atoms with van der Waals surface area (Å²) in [5, 5.41) is 0. The number of ketones is 1. The maximum Gasteiger partial charge on any atom is 0.172 e. The molecule has 2 heteroatoms. The largest absolute Gasteiger partial charge is 0.293 e. The molecule has 0 unspecified atom stereocenters. The first kappa shape index (κ1) is 11.9. The zero-order valence-electron chi connectivity index (χ0n) is 9.47. The molecular formula is C15H14OS. The van der Waals surface area contributed by atoms with E-state index in [1.165, 1.54) is 5.56 Å². The number of carbonyl (C=O) groups is 1. The summed E-state index contributed by atoms with van der Waals surface area (Å²) in [6.07, 6.45) is 0.788. The first-order chi connectivity index (χ1) is 8.31. The SMILES string of the molecule is O=C(CS)c1ccccc1Cc1ccccc1. The Labute approximate surface area is 107 Å². The lowest BCUT2D eigenvalue weighted by molar-refractivity contribution is 0.102. The molecule has 0 spiro atoms. The molecule has 0 saturated heterocycles. The van der Waals surface area contributed by atoms with Gasteiger partial charge in [0.25, 0.3) is 0 Å². The predicted molar refractivity (Wildman–Crippen MR) is 73.9 cm³/mol. The van der Waals surface area contributed by atoms with E-state index in [9.17, 15) is 4.79 Å². The van der Waals surface area contributed by atoms with Crippen molar-refractivity contribution < 1.29 is 4.79 Å². The van der Waals surface area contributed by atoms with Crippen LogP contribution in [0, 0.1) is 0 Å². The standard InChI is InChI=1S/C15H14OS/c16-15(11-17)14-9-5-4-8-13(14)10-12-6-2-1-3-7-12/h1-9,17H,10-11H2. The van der Waals surface area contributed by atoms with Crippen LogP contribution in [0.3, 0.4) is 0 Å². The summed E-state index contributed by atoms with van der Waals surface area (Å²) < 4.78 is 0. The summed E-state index contributed by atoms with van der Waals surface area (Å²) in [6.45, 7) is 0. The van der Waals surface area contributed by atoms with Crippen LogP contribution < -0.4 is 0 Å². The summed E-state index contributed by atoms with van der Waals surface area (Å²) in [5.74, 6) is 0.339. The highest BCUT2D eigenvalue weighted by Gasteiger charge is 2.09. The van der Waals surface area contributed by atoms with E-state index in [1.807, 2.05) is 42.5 Å². The molecule has 2 aromatic rings. The Morgan fingerprint density at radius 2 is 1.59 bits per heavy atom. The van der Waals surface area contributed by atoms with Gasteiger partial charge in [-0.2, -0.15) is 12.6 Å². The Hall–Kier alpha value is -1.54. The monoisotopic (exact) mass is 242 g/mol. The van der Waals surface area contributed by atoms with Gasteiger partial charge in [0.1, 0.15) is 0 Å². The summed E-state index contributed by atoms with van der Waals surface area (Å²) >= 11 is 4.05. The highest BCUT2D eigenvalue weighted by molar-refractivity contribution is 7.81. The van der Waals surface area contributed by atoms with Crippen LogP contribution in [0.25, 0.3) is 0 Å². The van der Waals surface area contributed by atoms with Gasteiger partial charge in [0.15, 0.2) is 5.78 Å². The van der Waals surface area contributed by atoms with Gasteiger partial charge in [-0.05, 0) is 17.5 Å². The summed E-state index contributed by atoms with van der Waals surface area (Å²) in [4.78, 5) is 11.7. The normalized spacial score (nSPS) is 10.2. The van der Waals surface area contributed by atoms with Gasteiger partial charge >= 0.3 is 0 Å². The molecule has 1 nitrogen and oxygen atoms in total. The number of hydrogen-bond acceptors (Lipinski definition) is 2. The summed E-state index contributed by atoms with van der Waals surface area (Å²) in [6, 6.07) is 17.9. The molecule has 0 aliphatic rings. The van der Waals surface area contributed by atoms with E-state index in [1.54, 1.807) is 0 Å². The van der Waals surface area contributed by atoms with Crippen LogP contribution in [-0.4, -0.2) is 11.5 Å². The van der Waals surface area contributed by atoms with Gasteiger partial charge in [0.05, 0.1) is 5.75 Å². The van der Waals surface area contributed by atoms with Crippen molar-refractivity contribution in [3.05, 3.63) is 71.3 Å². The average molecular weight is 242 g/mol. The third-order valence-corrected chi connectivity index (χ3v) is 2.99. The number of carbonyl (C=O) groups excluding carboxylic acids is 1. The van der Waals surface area contributed by atoms with Gasteiger partial charge in [-0.1, -0.05) is 54.6 Å². The molecule has 0 N–H and O–H groups in total. The second-order valence-electron chi connectivity index (χ2n) is 3.90. The second-order valence-corrected chi connectivity index (χ2v) is 4.22. The Balaban J connectivity index is 2.30. The maximum atomic E-state index is 11.7. The molecular weight excluding hydrogens is 228 g/mol. The highest BCUT2D eigenvalue weighted by Crippen LogP contribution is 2.15.